The Balaban J connectivity index is 0.00000338. The number of anilines is 1. The van der Waals surface area contributed by atoms with E-state index in [4.69, 9.17) is 0 Å². The van der Waals surface area contributed by atoms with Crippen LogP contribution in [0.15, 0.2) is 24.3 Å². The van der Waals surface area contributed by atoms with Crippen molar-refractivity contribution in [3.63, 3.8) is 0 Å². The van der Waals surface area contributed by atoms with Crippen molar-refractivity contribution in [3.8, 4) is 5.75 Å². The van der Waals surface area contributed by atoms with E-state index in [0.29, 0.717) is 13.1 Å². The van der Waals surface area contributed by atoms with Gasteiger partial charge in [0.25, 0.3) is 0 Å². The first-order valence-electron chi connectivity index (χ1n) is 7.55. The minimum absolute atomic E-state index is 0. The van der Waals surface area contributed by atoms with Crippen LogP contribution < -0.4 is 15.4 Å². The van der Waals surface area contributed by atoms with Crippen molar-refractivity contribution < 1.29 is 31.1 Å². The van der Waals surface area contributed by atoms with Crippen molar-refractivity contribution in [2.75, 3.05) is 31.3 Å². The Bertz CT molecular complexity index is 717. The molecule has 6 nitrogen and oxygen atoms in total. The minimum atomic E-state index is -4.44. The van der Waals surface area contributed by atoms with Crippen LogP contribution in [0.5, 0.6) is 5.75 Å². The molecule has 148 valence electrons. The van der Waals surface area contributed by atoms with Crippen molar-refractivity contribution in [2.24, 2.45) is 0 Å². The summed E-state index contributed by atoms with van der Waals surface area (Å²) in [5.41, 5.74) is 0.283. The lowest BCUT2D eigenvalue weighted by Gasteiger charge is -2.34. The van der Waals surface area contributed by atoms with Crippen molar-refractivity contribution in [1.82, 2.24) is 5.32 Å². The summed E-state index contributed by atoms with van der Waals surface area (Å²) in [7, 11) is -3.64. The van der Waals surface area contributed by atoms with E-state index in [1.807, 2.05) is 0 Å². The fourth-order valence-electron chi connectivity index (χ4n) is 2.64. The van der Waals surface area contributed by atoms with Gasteiger partial charge in [-0.15, -0.1) is 12.4 Å². The van der Waals surface area contributed by atoms with Crippen LogP contribution in [0.3, 0.4) is 0 Å². The van der Waals surface area contributed by atoms with Crippen LogP contribution in [0.25, 0.3) is 0 Å². The SMILES string of the molecule is CS(=O)(=O)C1(C(=O)Nc2ccc(OCC(F)(F)F)cc2)CCNCC1.Cl. The second-order valence-corrected chi connectivity index (χ2v) is 8.22. The molecule has 1 aromatic carbocycles. The number of halogens is 4. The van der Waals surface area contributed by atoms with Gasteiger partial charge in [0, 0.05) is 11.9 Å². The molecular formula is C15H20ClF3N2O4S. The van der Waals surface area contributed by atoms with E-state index in [0.717, 1.165) is 6.26 Å². The maximum atomic E-state index is 12.6. The number of nitrogens with one attached hydrogen (secondary N) is 2. The second-order valence-electron chi connectivity index (χ2n) is 5.90. The smallest absolute Gasteiger partial charge is 0.422 e. The van der Waals surface area contributed by atoms with E-state index in [2.05, 4.69) is 15.4 Å². The van der Waals surface area contributed by atoms with E-state index in [1.165, 1.54) is 24.3 Å². The molecule has 0 atom stereocenters. The third-order valence-electron chi connectivity index (χ3n) is 4.05. The molecule has 0 saturated carbocycles. The number of hydrogen-bond acceptors (Lipinski definition) is 5. The zero-order chi connectivity index (χ0) is 18.7. The predicted octanol–water partition coefficient (Wildman–Crippen LogP) is 2.15. The summed E-state index contributed by atoms with van der Waals surface area (Å²) in [5, 5.41) is 5.55. The lowest BCUT2D eigenvalue weighted by Crippen LogP contribution is -2.55. The normalized spacial score (nSPS) is 17.1. The van der Waals surface area contributed by atoms with Gasteiger partial charge in [0.1, 0.15) is 5.75 Å². The van der Waals surface area contributed by atoms with Gasteiger partial charge in [0.15, 0.2) is 21.2 Å². The van der Waals surface area contributed by atoms with E-state index in [1.54, 1.807) is 0 Å². The third kappa shape index (κ3) is 5.49. The number of amides is 1. The van der Waals surface area contributed by atoms with Crippen LogP contribution in [-0.2, 0) is 14.6 Å². The summed E-state index contributed by atoms with van der Waals surface area (Å²) < 4.78 is 63.7. The standard InChI is InChI=1S/C15H19F3N2O4S.ClH/c1-25(22,23)14(6-8-19-9-7-14)13(21)20-11-2-4-12(5-3-11)24-10-15(16,17)18;/h2-5,19H,6-10H2,1H3,(H,20,21);1H. The molecule has 2 rings (SSSR count). The van der Waals surface area contributed by atoms with E-state index >= 15 is 0 Å². The number of piperidine rings is 1. The van der Waals surface area contributed by atoms with Gasteiger partial charge < -0.3 is 15.4 Å². The average Bonchev–Trinajstić information content (AvgIpc) is 2.53. The Kier molecular flexibility index (Phi) is 7.32. The molecule has 1 aliphatic rings. The molecule has 0 spiro atoms. The molecule has 1 aliphatic heterocycles. The van der Waals surface area contributed by atoms with Gasteiger partial charge in [-0.2, -0.15) is 13.2 Å². The zero-order valence-corrected chi connectivity index (χ0v) is 15.6. The number of rotatable bonds is 5. The molecule has 1 heterocycles. The average molecular weight is 417 g/mol. The van der Waals surface area contributed by atoms with Gasteiger partial charge in [0.2, 0.25) is 5.91 Å². The van der Waals surface area contributed by atoms with Crippen molar-refractivity contribution in [3.05, 3.63) is 24.3 Å². The van der Waals surface area contributed by atoms with Crippen LogP contribution >= 0.6 is 12.4 Å². The van der Waals surface area contributed by atoms with Crippen LogP contribution in [0.4, 0.5) is 18.9 Å². The van der Waals surface area contributed by atoms with Crippen LogP contribution in [0, 0.1) is 0 Å². The lowest BCUT2D eigenvalue weighted by molar-refractivity contribution is -0.153. The van der Waals surface area contributed by atoms with E-state index < -0.39 is 33.3 Å². The molecule has 1 fully saturated rings. The maximum absolute atomic E-state index is 12.6. The number of carbonyl (C=O) groups is 1. The molecule has 1 amide bonds. The molecule has 11 heteroatoms. The molecule has 26 heavy (non-hydrogen) atoms. The lowest BCUT2D eigenvalue weighted by atomic mass is 9.95. The van der Waals surface area contributed by atoms with Gasteiger partial charge in [-0.25, -0.2) is 8.42 Å². The highest BCUT2D eigenvalue weighted by atomic mass is 35.5. The fraction of sp³-hybridized carbons (Fsp3) is 0.533. The maximum Gasteiger partial charge on any atom is 0.422 e. The molecule has 0 radical (unpaired) electrons. The molecular weight excluding hydrogens is 397 g/mol. The predicted molar refractivity (Wildman–Crippen MR) is 93.5 cm³/mol. The third-order valence-corrected chi connectivity index (χ3v) is 6.06. The Morgan fingerprint density at radius 3 is 2.23 bits per heavy atom. The first-order chi connectivity index (χ1) is 11.5. The Hall–Kier alpha value is -1.52. The number of benzene rings is 1. The second kappa shape index (κ2) is 8.45. The first-order valence-corrected chi connectivity index (χ1v) is 9.44. The Labute approximate surface area is 155 Å². The van der Waals surface area contributed by atoms with Crippen LogP contribution in [-0.4, -0.2) is 51.2 Å². The highest BCUT2D eigenvalue weighted by Crippen LogP contribution is 2.30. The van der Waals surface area contributed by atoms with Gasteiger partial charge >= 0.3 is 6.18 Å². The monoisotopic (exact) mass is 416 g/mol. The summed E-state index contributed by atoms with van der Waals surface area (Å²) in [5.74, 6) is -0.643. The van der Waals surface area contributed by atoms with Gasteiger partial charge in [-0.05, 0) is 50.2 Å². The first kappa shape index (κ1) is 22.5. The quantitative estimate of drug-likeness (QED) is 0.768. The molecule has 1 saturated heterocycles. The van der Waals surface area contributed by atoms with E-state index in [-0.39, 0.29) is 36.7 Å². The fourth-order valence-corrected chi connectivity index (χ4v) is 3.98. The topological polar surface area (TPSA) is 84.5 Å². The minimum Gasteiger partial charge on any atom is -0.484 e. The van der Waals surface area contributed by atoms with E-state index in [9.17, 15) is 26.4 Å². The number of hydrogen-bond donors (Lipinski definition) is 2. The molecule has 0 aliphatic carbocycles. The van der Waals surface area contributed by atoms with Gasteiger partial charge in [-0.1, -0.05) is 0 Å². The molecule has 0 bridgehead atoms. The molecule has 0 unspecified atom stereocenters. The number of sulfone groups is 1. The zero-order valence-electron chi connectivity index (χ0n) is 13.9. The summed E-state index contributed by atoms with van der Waals surface area (Å²) in [6.07, 6.45) is -3.09. The highest BCUT2D eigenvalue weighted by molar-refractivity contribution is 7.92. The summed E-state index contributed by atoms with van der Waals surface area (Å²) >= 11 is 0. The number of carbonyl (C=O) groups excluding carboxylic acids is 1. The largest absolute Gasteiger partial charge is 0.484 e. The summed E-state index contributed by atoms with van der Waals surface area (Å²) in [6, 6.07) is 5.27. The molecule has 0 aromatic heterocycles. The summed E-state index contributed by atoms with van der Waals surface area (Å²) in [6.45, 7) is -0.599. The number of ether oxygens (including phenoxy) is 1. The van der Waals surface area contributed by atoms with Gasteiger partial charge in [0.05, 0.1) is 0 Å². The summed E-state index contributed by atoms with van der Waals surface area (Å²) in [4.78, 5) is 12.6. The van der Waals surface area contributed by atoms with Crippen LogP contribution in [0.2, 0.25) is 0 Å². The molecule has 1 aromatic rings. The van der Waals surface area contributed by atoms with Crippen molar-refractivity contribution >= 4 is 33.8 Å². The Morgan fingerprint density at radius 1 is 1.23 bits per heavy atom. The van der Waals surface area contributed by atoms with Gasteiger partial charge in [-0.3, -0.25) is 4.79 Å². The highest BCUT2D eigenvalue weighted by Gasteiger charge is 2.48. The molecule has 2 N–H and O–H groups in total. The van der Waals surface area contributed by atoms with Crippen molar-refractivity contribution in [2.45, 2.75) is 23.8 Å². The van der Waals surface area contributed by atoms with Crippen molar-refractivity contribution in [1.29, 1.82) is 0 Å². The van der Waals surface area contributed by atoms with Crippen LogP contribution in [0.1, 0.15) is 12.8 Å². The number of alkyl halides is 3. The Morgan fingerprint density at radius 2 is 1.77 bits per heavy atom.